The number of likely N-dealkylation sites (tertiary alicyclic amines) is 1. The van der Waals surface area contributed by atoms with E-state index in [-0.39, 0.29) is 17.7 Å². The fourth-order valence-electron chi connectivity index (χ4n) is 5.59. The van der Waals surface area contributed by atoms with Crippen LogP contribution in [0.5, 0.6) is 0 Å². The van der Waals surface area contributed by atoms with E-state index in [4.69, 9.17) is 9.51 Å². The number of aromatic nitrogens is 2. The van der Waals surface area contributed by atoms with Crippen LogP contribution in [0.3, 0.4) is 0 Å². The average molecular weight is 507 g/mol. The van der Waals surface area contributed by atoms with E-state index in [9.17, 15) is 9.59 Å². The zero-order chi connectivity index (χ0) is 25.1. The molecule has 190 valence electrons. The highest BCUT2D eigenvalue weighted by Crippen LogP contribution is 2.33. The Hall–Kier alpha value is -3.00. The van der Waals surface area contributed by atoms with Crippen molar-refractivity contribution in [2.75, 3.05) is 19.6 Å². The molecule has 0 unspecified atom stereocenters. The third kappa shape index (κ3) is 4.96. The molecule has 3 heterocycles. The normalized spacial score (nSPS) is 17.3. The van der Waals surface area contributed by atoms with Crippen LogP contribution in [0.2, 0.25) is 0 Å². The fraction of sp³-hybridized carbons (Fsp3) is 0.500. The lowest BCUT2D eigenvalue weighted by Crippen LogP contribution is -2.41. The molecule has 1 aliphatic heterocycles. The Balaban J connectivity index is 1.23. The van der Waals surface area contributed by atoms with Gasteiger partial charge in [0.05, 0.1) is 5.01 Å². The van der Waals surface area contributed by atoms with Gasteiger partial charge in [0.15, 0.2) is 0 Å². The number of thiazole rings is 1. The highest BCUT2D eigenvalue weighted by Gasteiger charge is 2.32. The number of benzene rings is 1. The second kappa shape index (κ2) is 10.9. The molecule has 1 aliphatic carbocycles. The van der Waals surface area contributed by atoms with Gasteiger partial charge in [0.1, 0.15) is 22.7 Å². The maximum atomic E-state index is 13.4. The molecule has 0 atom stereocenters. The van der Waals surface area contributed by atoms with Gasteiger partial charge in [0, 0.05) is 42.5 Å². The van der Waals surface area contributed by atoms with Crippen LogP contribution in [-0.2, 0) is 0 Å². The summed E-state index contributed by atoms with van der Waals surface area (Å²) in [5.74, 6) is 0.841. The number of rotatable bonds is 6. The predicted molar refractivity (Wildman–Crippen MR) is 140 cm³/mol. The molecule has 1 aromatic carbocycles. The molecule has 1 saturated heterocycles. The lowest BCUT2D eigenvalue weighted by molar-refractivity contribution is 0.0642. The summed E-state index contributed by atoms with van der Waals surface area (Å²) in [7, 11) is 0. The summed E-state index contributed by atoms with van der Waals surface area (Å²) in [6.07, 6.45) is 7.54. The number of carbonyl (C=O) groups is 2. The molecular formula is C28H34N4O3S. The van der Waals surface area contributed by atoms with Gasteiger partial charge in [-0.2, -0.15) is 0 Å². The molecule has 36 heavy (non-hydrogen) atoms. The summed E-state index contributed by atoms with van der Waals surface area (Å²) in [6, 6.07) is 10.0. The van der Waals surface area contributed by atoms with E-state index in [1.165, 1.54) is 19.3 Å². The summed E-state index contributed by atoms with van der Waals surface area (Å²) >= 11 is 1.58. The first-order valence-electron chi connectivity index (χ1n) is 13.1. The van der Waals surface area contributed by atoms with Crippen LogP contribution < -0.4 is 0 Å². The van der Waals surface area contributed by atoms with Crippen LogP contribution in [0.1, 0.15) is 89.4 Å². The maximum absolute atomic E-state index is 13.4. The molecule has 7 nitrogen and oxygen atoms in total. The van der Waals surface area contributed by atoms with Crippen LogP contribution in [0, 0.1) is 6.92 Å². The number of carbonyl (C=O) groups excluding carboxylic acids is 2. The van der Waals surface area contributed by atoms with E-state index in [1.54, 1.807) is 18.3 Å². The average Bonchev–Trinajstić information content (AvgIpc) is 3.57. The molecule has 2 aromatic heterocycles. The van der Waals surface area contributed by atoms with Crippen molar-refractivity contribution in [2.24, 2.45) is 0 Å². The van der Waals surface area contributed by atoms with Gasteiger partial charge in [-0.05, 0) is 39.5 Å². The number of nitrogens with zero attached hydrogens (tertiary/aromatic N) is 4. The van der Waals surface area contributed by atoms with Gasteiger partial charge in [0.2, 0.25) is 0 Å². The molecule has 2 amide bonds. The van der Waals surface area contributed by atoms with E-state index in [0.29, 0.717) is 41.8 Å². The molecule has 0 bridgehead atoms. The van der Waals surface area contributed by atoms with Crippen molar-refractivity contribution in [3.63, 3.8) is 0 Å². The summed E-state index contributed by atoms with van der Waals surface area (Å²) in [6.45, 7) is 5.88. The van der Waals surface area contributed by atoms with Gasteiger partial charge >= 0.3 is 0 Å². The van der Waals surface area contributed by atoms with Crippen LogP contribution in [0.4, 0.5) is 0 Å². The third-order valence-corrected chi connectivity index (χ3v) is 8.62. The Bertz CT molecular complexity index is 1190. The molecule has 0 N–H and O–H groups in total. The van der Waals surface area contributed by atoms with Crippen LogP contribution in [0.25, 0.3) is 11.3 Å². The molecular weight excluding hydrogens is 472 g/mol. The number of piperidine rings is 1. The number of amides is 2. The van der Waals surface area contributed by atoms with Crippen LogP contribution >= 0.6 is 11.3 Å². The molecule has 2 aliphatic rings. The highest BCUT2D eigenvalue weighted by atomic mass is 32.1. The lowest BCUT2D eigenvalue weighted by atomic mass is 9.94. The van der Waals surface area contributed by atoms with E-state index < -0.39 is 0 Å². The zero-order valence-electron chi connectivity index (χ0n) is 21.1. The quantitative estimate of drug-likeness (QED) is 0.415. The first-order valence-corrected chi connectivity index (χ1v) is 14.0. The summed E-state index contributed by atoms with van der Waals surface area (Å²) in [5.41, 5.74) is 2.60. The van der Waals surface area contributed by atoms with Crippen molar-refractivity contribution >= 4 is 23.2 Å². The van der Waals surface area contributed by atoms with Crippen molar-refractivity contribution in [1.29, 1.82) is 0 Å². The van der Waals surface area contributed by atoms with Gasteiger partial charge < -0.3 is 14.3 Å². The smallest absolute Gasteiger partial charge is 0.273 e. The van der Waals surface area contributed by atoms with Crippen molar-refractivity contribution in [3.8, 4) is 11.3 Å². The maximum Gasteiger partial charge on any atom is 0.273 e. The van der Waals surface area contributed by atoms with Gasteiger partial charge in [-0.3, -0.25) is 9.59 Å². The zero-order valence-corrected chi connectivity index (χ0v) is 21.9. The van der Waals surface area contributed by atoms with E-state index >= 15 is 0 Å². The van der Waals surface area contributed by atoms with Gasteiger partial charge in [-0.1, -0.05) is 54.8 Å². The Kier molecular flexibility index (Phi) is 7.51. The monoisotopic (exact) mass is 506 g/mol. The second-order valence-corrected chi connectivity index (χ2v) is 10.7. The number of aryl methyl sites for hydroxylation is 1. The first kappa shape index (κ1) is 24.7. The molecule has 0 radical (unpaired) electrons. The molecule has 1 saturated carbocycles. The van der Waals surface area contributed by atoms with E-state index in [2.05, 4.69) is 12.1 Å². The first-order chi connectivity index (χ1) is 17.6. The Labute approximate surface area is 216 Å². The standard InChI is InChI=1S/C28H34N4O3S/c1-3-32(22-12-8-5-9-13-22)27(33)23-18-36-26(29-23)21-14-16-31(17-15-21)28(34)24-19(2)35-30-25(24)20-10-6-4-7-11-20/h4,6-7,10-11,18,21-22H,3,5,8-9,12-17H2,1-2H3. The van der Waals surface area contributed by atoms with Crippen molar-refractivity contribution < 1.29 is 14.1 Å². The molecule has 8 heteroatoms. The lowest BCUT2D eigenvalue weighted by Gasteiger charge is -2.33. The van der Waals surface area contributed by atoms with Crippen LogP contribution in [0.15, 0.2) is 40.2 Å². The summed E-state index contributed by atoms with van der Waals surface area (Å²) in [4.78, 5) is 35.4. The third-order valence-electron chi connectivity index (χ3n) is 7.61. The summed E-state index contributed by atoms with van der Waals surface area (Å²) in [5, 5.41) is 7.11. The van der Waals surface area contributed by atoms with Gasteiger partial charge in [0.25, 0.3) is 11.8 Å². The minimum atomic E-state index is -0.0351. The van der Waals surface area contributed by atoms with Crippen molar-refractivity contribution in [2.45, 2.75) is 70.8 Å². The van der Waals surface area contributed by atoms with E-state index in [0.717, 1.165) is 42.8 Å². The number of hydrogen-bond acceptors (Lipinski definition) is 6. The van der Waals surface area contributed by atoms with E-state index in [1.807, 2.05) is 45.5 Å². The fourth-order valence-corrected chi connectivity index (χ4v) is 6.55. The Morgan fingerprint density at radius 3 is 2.50 bits per heavy atom. The molecule has 2 fully saturated rings. The topological polar surface area (TPSA) is 79.5 Å². The summed E-state index contributed by atoms with van der Waals surface area (Å²) < 4.78 is 5.41. The van der Waals surface area contributed by atoms with Crippen LogP contribution in [-0.4, -0.2) is 57.4 Å². The second-order valence-electron chi connectivity index (χ2n) is 9.85. The largest absolute Gasteiger partial charge is 0.360 e. The Morgan fingerprint density at radius 2 is 1.81 bits per heavy atom. The predicted octanol–water partition coefficient (Wildman–Crippen LogP) is 5.92. The highest BCUT2D eigenvalue weighted by molar-refractivity contribution is 7.09. The van der Waals surface area contributed by atoms with Gasteiger partial charge in [-0.15, -0.1) is 11.3 Å². The van der Waals surface area contributed by atoms with Crippen molar-refractivity contribution in [3.05, 3.63) is 57.7 Å². The minimum Gasteiger partial charge on any atom is -0.360 e. The SMILES string of the molecule is CCN(C(=O)c1csc(C2CCN(C(=O)c3c(-c4ccccc4)noc3C)CC2)n1)C1CCCCC1. The van der Waals surface area contributed by atoms with Gasteiger partial charge in [-0.25, -0.2) is 4.98 Å². The molecule has 0 spiro atoms. The minimum absolute atomic E-state index is 0.0351. The number of hydrogen-bond donors (Lipinski definition) is 0. The van der Waals surface area contributed by atoms with Crippen molar-refractivity contribution in [1.82, 2.24) is 19.9 Å². The Morgan fingerprint density at radius 1 is 1.08 bits per heavy atom. The molecule has 5 rings (SSSR count). The molecule has 3 aromatic rings.